The molecule has 80 valence electrons. The second-order valence-corrected chi connectivity index (χ2v) is 4.87. The lowest BCUT2D eigenvalue weighted by Gasteiger charge is -2.03. The molecular formula is C11H12ClNOS. The fourth-order valence-corrected chi connectivity index (χ4v) is 2.27. The van der Waals surface area contributed by atoms with Crippen molar-refractivity contribution in [3.05, 3.63) is 23.2 Å². The van der Waals surface area contributed by atoms with Crippen LogP contribution in [0.15, 0.2) is 18.2 Å². The van der Waals surface area contributed by atoms with Crippen LogP contribution in [-0.4, -0.2) is 17.5 Å². The summed E-state index contributed by atoms with van der Waals surface area (Å²) in [4.78, 5) is 4.41. The minimum Gasteiger partial charge on any atom is -0.493 e. The molecule has 1 heterocycles. The summed E-state index contributed by atoms with van der Waals surface area (Å²) in [6, 6.07) is 6.01. The highest BCUT2D eigenvalue weighted by Gasteiger charge is 2.01. The Hall–Kier alpha value is -0.800. The normalized spacial score (nSPS) is 10.8. The predicted molar refractivity (Wildman–Crippen MR) is 65.2 cm³/mol. The van der Waals surface area contributed by atoms with E-state index >= 15 is 0 Å². The molecule has 0 atom stereocenters. The van der Waals surface area contributed by atoms with Crippen LogP contribution in [0, 0.1) is 6.92 Å². The predicted octanol–water partition coefficient (Wildman–Crippen LogP) is 3.61. The van der Waals surface area contributed by atoms with Gasteiger partial charge >= 0.3 is 0 Å². The standard InChI is InChI=1S/C11H12ClNOS/c1-8-13-10-7-9(14-6-2-5-12)3-4-11(10)15-8/h3-4,7H,2,5-6H2,1H3. The molecule has 0 N–H and O–H groups in total. The molecule has 0 aliphatic rings. The van der Waals surface area contributed by atoms with Gasteiger partial charge in [0.2, 0.25) is 0 Å². The number of ether oxygens (including phenoxy) is 1. The summed E-state index contributed by atoms with van der Waals surface area (Å²) in [6.45, 7) is 2.68. The van der Waals surface area contributed by atoms with E-state index in [1.807, 2.05) is 19.1 Å². The average molecular weight is 242 g/mol. The zero-order valence-electron chi connectivity index (χ0n) is 8.50. The van der Waals surface area contributed by atoms with Gasteiger partial charge in [0.25, 0.3) is 0 Å². The van der Waals surface area contributed by atoms with E-state index in [-0.39, 0.29) is 0 Å². The van der Waals surface area contributed by atoms with Crippen LogP contribution < -0.4 is 4.74 Å². The van der Waals surface area contributed by atoms with Gasteiger partial charge in [-0.3, -0.25) is 0 Å². The monoisotopic (exact) mass is 241 g/mol. The van der Waals surface area contributed by atoms with E-state index in [1.54, 1.807) is 11.3 Å². The number of aromatic nitrogens is 1. The maximum absolute atomic E-state index is 5.58. The van der Waals surface area contributed by atoms with Crippen LogP contribution in [0.4, 0.5) is 0 Å². The number of benzene rings is 1. The minimum absolute atomic E-state index is 0.637. The van der Waals surface area contributed by atoms with Gasteiger partial charge in [-0.1, -0.05) is 0 Å². The average Bonchev–Trinajstić information content (AvgIpc) is 2.57. The molecule has 2 aromatic rings. The SMILES string of the molecule is Cc1nc2cc(OCCCCl)ccc2s1. The maximum Gasteiger partial charge on any atom is 0.121 e. The molecule has 0 aliphatic heterocycles. The Bertz CT molecular complexity index is 455. The van der Waals surface area contributed by atoms with Gasteiger partial charge in [-0.25, -0.2) is 4.98 Å². The molecule has 0 fully saturated rings. The maximum atomic E-state index is 5.58. The first kappa shape index (κ1) is 10.7. The number of aryl methyl sites for hydroxylation is 1. The molecule has 0 unspecified atom stereocenters. The van der Waals surface area contributed by atoms with Gasteiger partial charge < -0.3 is 4.74 Å². The summed E-state index contributed by atoms with van der Waals surface area (Å²) in [6.07, 6.45) is 0.871. The number of hydrogen-bond acceptors (Lipinski definition) is 3. The van der Waals surface area contributed by atoms with Crippen molar-refractivity contribution in [1.82, 2.24) is 4.98 Å². The van der Waals surface area contributed by atoms with Crippen molar-refractivity contribution in [2.75, 3.05) is 12.5 Å². The molecule has 0 saturated heterocycles. The van der Waals surface area contributed by atoms with Crippen LogP contribution in [0.3, 0.4) is 0 Å². The van der Waals surface area contributed by atoms with Crippen LogP contribution in [0.25, 0.3) is 10.2 Å². The van der Waals surface area contributed by atoms with E-state index in [4.69, 9.17) is 16.3 Å². The second-order valence-electron chi connectivity index (χ2n) is 3.25. The summed E-state index contributed by atoms with van der Waals surface area (Å²) in [5, 5.41) is 1.09. The Morgan fingerprint density at radius 2 is 2.33 bits per heavy atom. The third kappa shape index (κ3) is 2.61. The van der Waals surface area contributed by atoms with Crippen molar-refractivity contribution in [3.8, 4) is 5.75 Å². The molecule has 15 heavy (non-hydrogen) atoms. The quantitative estimate of drug-likeness (QED) is 0.603. The molecule has 0 bridgehead atoms. The second kappa shape index (κ2) is 4.81. The van der Waals surface area contributed by atoms with Gasteiger partial charge in [0.15, 0.2) is 0 Å². The van der Waals surface area contributed by atoms with Crippen molar-refractivity contribution in [2.24, 2.45) is 0 Å². The zero-order valence-corrected chi connectivity index (χ0v) is 10.1. The molecule has 2 rings (SSSR count). The van der Waals surface area contributed by atoms with E-state index in [1.165, 1.54) is 4.70 Å². The van der Waals surface area contributed by atoms with E-state index in [2.05, 4.69) is 11.1 Å². The zero-order chi connectivity index (χ0) is 10.7. The van der Waals surface area contributed by atoms with Crippen LogP contribution in [0.5, 0.6) is 5.75 Å². The van der Waals surface area contributed by atoms with Gasteiger partial charge in [0.05, 0.1) is 21.8 Å². The molecule has 4 heteroatoms. The van der Waals surface area contributed by atoms with Gasteiger partial charge in [-0.15, -0.1) is 22.9 Å². The third-order valence-electron chi connectivity index (χ3n) is 2.01. The number of alkyl halides is 1. The molecule has 0 amide bonds. The number of hydrogen-bond donors (Lipinski definition) is 0. The smallest absolute Gasteiger partial charge is 0.121 e. The molecule has 0 radical (unpaired) electrons. The molecule has 1 aromatic heterocycles. The Kier molecular flexibility index (Phi) is 3.44. The number of fused-ring (bicyclic) bond motifs is 1. The van der Waals surface area contributed by atoms with Crippen molar-refractivity contribution < 1.29 is 4.74 Å². The van der Waals surface area contributed by atoms with Crippen molar-refractivity contribution in [2.45, 2.75) is 13.3 Å². The Labute approximate surface area is 97.8 Å². The van der Waals surface area contributed by atoms with Crippen molar-refractivity contribution in [3.63, 3.8) is 0 Å². The first-order valence-electron chi connectivity index (χ1n) is 4.85. The molecule has 1 aromatic carbocycles. The van der Waals surface area contributed by atoms with E-state index in [9.17, 15) is 0 Å². The molecule has 0 saturated carbocycles. The Morgan fingerprint density at radius 1 is 1.47 bits per heavy atom. The highest BCUT2D eigenvalue weighted by Crippen LogP contribution is 2.25. The van der Waals surface area contributed by atoms with Gasteiger partial charge in [-0.05, 0) is 25.5 Å². The van der Waals surface area contributed by atoms with Gasteiger partial charge in [0, 0.05) is 11.9 Å². The fraction of sp³-hybridized carbons (Fsp3) is 0.364. The highest BCUT2D eigenvalue weighted by molar-refractivity contribution is 7.18. The molecular weight excluding hydrogens is 230 g/mol. The number of thiazole rings is 1. The number of rotatable bonds is 4. The Morgan fingerprint density at radius 3 is 3.13 bits per heavy atom. The molecule has 2 nitrogen and oxygen atoms in total. The van der Waals surface area contributed by atoms with Crippen LogP contribution in [0.2, 0.25) is 0 Å². The summed E-state index contributed by atoms with van der Waals surface area (Å²) < 4.78 is 6.75. The number of nitrogens with zero attached hydrogens (tertiary/aromatic N) is 1. The largest absolute Gasteiger partial charge is 0.493 e. The van der Waals surface area contributed by atoms with Crippen LogP contribution in [0.1, 0.15) is 11.4 Å². The fourth-order valence-electron chi connectivity index (χ4n) is 1.36. The Balaban J connectivity index is 2.15. The third-order valence-corrected chi connectivity index (χ3v) is 3.23. The molecule has 0 aliphatic carbocycles. The van der Waals surface area contributed by atoms with E-state index in [0.717, 1.165) is 22.7 Å². The van der Waals surface area contributed by atoms with Crippen molar-refractivity contribution in [1.29, 1.82) is 0 Å². The highest BCUT2D eigenvalue weighted by atomic mass is 35.5. The summed E-state index contributed by atoms with van der Waals surface area (Å²) in [5.74, 6) is 1.51. The molecule has 0 spiro atoms. The lowest BCUT2D eigenvalue weighted by molar-refractivity contribution is 0.319. The van der Waals surface area contributed by atoms with Gasteiger partial charge in [0.1, 0.15) is 5.75 Å². The summed E-state index contributed by atoms with van der Waals surface area (Å²) >= 11 is 7.28. The van der Waals surface area contributed by atoms with Crippen LogP contribution in [-0.2, 0) is 0 Å². The lowest BCUT2D eigenvalue weighted by Crippen LogP contribution is -1.97. The minimum atomic E-state index is 0.637. The van der Waals surface area contributed by atoms with Crippen LogP contribution >= 0.6 is 22.9 Å². The van der Waals surface area contributed by atoms with Crippen molar-refractivity contribution >= 4 is 33.2 Å². The number of halogens is 1. The first-order valence-corrected chi connectivity index (χ1v) is 6.20. The first-order chi connectivity index (χ1) is 7.29. The topological polar surface area (TPSA) is 22.1 Å². The lowest BCUT2D eigenvalue weighted by atomic mass is 10.3. The van der Waals surface area contributed by atoms with E-state index in [0.29, 0.717) is 12.5 Å². The van der Waals surface area contributed by atoms with Gasteiger partial charge in [-0.2, -0.15) is 0 Å². The van der Waals surface area contributed by atoms with E-state index < -0.39 is 0 Å². The summed E-state index contributed by atoms with van der Waals surface area (Å²) in [7, 11) is 0. The summed E-state index contributed by atoms with van der Waals surface area (Å²) in [5.41, 5.74) is 1.01.